The van der Waals surface area contributed by atoms with Gasteiger partial charge >= 0.3 is 5.97 Å². The quantitative estimate of drug-likeness (QED) is 0.419. The second-order valence-electron chi connectivity index (χ2n) is 4.29. The zero-order chi connectivity index (χ0) is 16.5. The van der Waals surface area contributed by atoms with E-state index in [1.807, 2.05) is 6.92 Å². The van der Waals surface area contributed by atoms with Crippen LogP contribution < -0.4 is 4.72 Å². The highest BCUT2D eigenvalue weighted by Gasteiger charge is 2.18. The van der Waals surface area contributed by atoms with Gasteiger partial charge in [0.1, 0.15) is 17.3 Å². The number of hydrogen-bond donors (Lipinski definition) is 1. The third-order valence-corrected chi connectivity index (χ3v) is 4.82. The van der Waals surface area contributed by atoms with Crippen molar-refractivity contribution in [2.24, 2.45) is 0 Å². The SMILES string of the molecule is CCC[S+]([O-])Nc1ccc(F)c(SCCC(=O)OCC)c1F. The minimum absolute atomic E-state index is 0.00758. The summed E-state index contributed by atoms with van der Waals surface area (Å²) in [6.45, 7) is 3.82. The van der Waals surface area contributed by atoms with E-state index in [0.29, 0.717) is 12.2 Å². The van der Waals surface area contributed by atoms with E-state index in [-0.39, 0.29) is 29.4 Å². The summed E-state index contributed by atoms with van der Waals surface area (Å²) in [7, 11) is 0. The smallest absolute Gasteiger partial charge is 0.306 e. The van der Waals surface area contributed by atoms with Crippen molar-refractivity contribution in [2.75, 3.05) is 22.8 Å². The lowest BCUT2D eigenvalue weighted by atomic mass is 10.3. The second kappa shape index (κ2) is 9.91. The Labute approximate surface area is 136 Å². The van der Waals surface area contributed by atoms with E-state index in [9.17, 15) is 18.1 Å². The molecule has 8 heteroatoms. The molecule has 0 saturated heterocycles. The molecule has 1 rings (SSSR count). The molecule has 1 unspecified atom stereocenters. The van der Waals surface area contributed by atoms with Gasteiger partial charge in [-0.05, 0) is 25.5 Å². The maximum absolute atomic E-state index is 14.2. The van der Waals surface area contributed by atoms with Gasteiger partial charge in [0.15, 0.2) is 5.82 Å². The number of hydrogen-bond acceptors (Lipinski definition) is 5. The van der Waals surface area contributed by atoms with Crippen LogP contribution in [0, 0.1) is 11.6 Å². The Hall–Kier alpha value is -0.990. The highest BCUT2D eigenvalue weighted by Crippen LogP contribution is 2.31. The molecule has 0 heterocycles. The Morgan fingerprint density at radius 3 is 2.77 bits per heavy atom. The molecule has 0 aliphatic carbocycles. The van der Waals surface area contributed by atoms with Gasteiger partial charge in [0.05, 0.1) is 29.3 Å². The van der Waals surface area contributed by atoms with Gasteiger partial charge in [-0.25, -0.2) is 13.5 Å². The van der Waals surface area contributed by atoms with Gasteiger partial charge in [-0.15, -0.1) is 11.8 Å². The summed E-state index contributed by atoms with van der Waals surface area (Å²) >= 11 is -0.515. The average Bonchev–Trinajstić information content (AvgIpc) is 2.46. The normalized spacial score (nSPS) is 12.0. The Bertz CT molecular complexity index is 503. The van der Waals surface area contributed by atoms with Crippen LogP contribution in [0.4, 0.5) is 14.5 Å². The summed E-state index contributed by atoms with van der Waals surface area (Å²) < 4.78 is 46.8. The number of benzene rings is 1. The molecule has 124 valence electrons. The fraction of sp³-hybridized carbons (Fsp3) is 0.500. The van der Waals surface area contributed by atoms with Gasteiger partial charge in [0, 0.05) is 5.75 Å². The van der Waals surface area contributed by atoms with Crippen molar-refractivity contribution in [2.45, 2.75) is 31.6 Å². The molecule has 0 amide bonds. The summed E-state index contributed by atoms with van der Waals surface area (Å²) in [5.41, 5.74) is -0.00758. The molecule has 1 N–H and O–H groups in total. The fourth-order valence-electron chi connectivity index (χ4n) is 1.57. The van der Waals surface area contributed by atoms with Crippen LogP contribution in [0.5, 0.6) is 0 Å². The monoisotopic (exact) mass is 351 g/mol. The number of rotatable bonds is 9. The molecule has 0 radical (unpaired) electrons. The van der Waals surface area contributed by atoms with Gasteiger partial charge < -0.3 is 9.29 Å². The highest BCUT2D eigenvalue weighted by molar-refractivity contribution is 7.99. The molecule has 1 aromatic rings. The number of carbonyl (C=O) groups excluding carboxylic acids is 1. The predicted octanol–water partition coefficient (Wildman–Crippen LogP) is 3.50. The van der Waals surface area contributed by atoms with Gasteiger partial charge in [-0.2, -0.15) is 0 Å². The maximum atomic E-state index is 14.2. The van der Waals surface area contributed by atoms with Gasteiger partial charge in [0.2, 0.25) is 0 Å². The van der Waals surface area contributed by atoms with Crippen LogP contribution in [0.25, 0.3) is 0 Å². The number of carbonyl (C=O) groups is 1. The van der Waals surface area contributed by atoms with Crippen LogP contribution in [0.2, 0.25) is 0 Å². The van der Waals surface area contributed by atoms with E-state index in [1.165, 1.54) is 6.07 Å². The summed E-state index contributed by atoms with van der Waals surface area (Å²) in [4.78, 5) is 11.0. The highest BCUT2D eigenvalue weighted by atomic mass is 32.2. The maximum Gasteiger partial charge on any atom is 0.306 e. The molecule has 0 aliphatic heterocycles. The standard InChI is InChI=1S/C14H19F2NO3S2/c1-3-9-22(19)17-11-6-5-10(15)14(13(11)16)21-8-7-12(18)20-4-2/h5-6,17H,3-4,7-9H2,1-2H3. The van der Waals surface area contributed by atoms with Gasteiger partial charge in [-0.1, -0.05) is 6.92 Å². The molecule has 1 atom stereocenters. The van der Waals surface area contributed by atoms with Crippen molar-refractivity contribution in [1.82, 2.24) is 0 Å². The summed E-state index contributed by atoms with van der Waals surface area (Å²) in [6, 6.07) is 2.33. The van der Waals surface area contributed by atoms with E-state index in [0.717, 1.165) is 17.8 Å². The molecule has 4 nitrogen and oxygen atoms in total. The summed E-state index contributed by atoms with van der Waals surface area (Å²) in [5, 5.41) is 0. The van der Waals surface area contributed by atoms with Crippen LogP contribution in [-0.2, 0) is 20.9 Å². The zero-order valence-electron chi connectivity index (χ0n) is 12.5. The Morgan fingerprint density at radius 1 is 1.41 bits per heavy atom. The van der Waals surface area contributed by atoms with Crippen LogP contribution in [0.15, 0.2) is 17.0 Å². The largest absolute Gasteiger partial charge is 0.593 e. The third kappa shape index (κ3) is 6.02. The molecule has 0 bridgehead atoms. The minimum atomic E-state index is -1.41. The molecular formula is C14H19F2NO3S2. The molecule has 22 heavy (non-hydrogen) atoms. The number of halogens is 2. The second-order valence-corrected chi connectivity index (χ2v) is 6.70. The minimum Gasteiger partial charge on any atom is -0.593 e. The first-order valence-electron chi connectivity index (χ1n) is 6.91. The number of ether oxygens (including phenoxy) is 1. The first-order chi connectivity index (χ1) is 10.5. The van der Waals surface area contributed by atoms with Crippen molar-refractivity contribution in [3.05, 3.63) is 23.8 Å². The summed E-state index contributed by atoms with van der Waals surface area (Å²) in [6.07, 6.45) is 0.750. The fourth-order valence-corrected chi connectivity index (χ4v) is 3.36. The van der Waals surface area contributed by atoms with Crippen molar-refractivity contribution >= 4 is 34.8 Å². The Kier molecular flexibility index (Phi) is 8.59. The van der Waals surface area contributed by atoms with E-state index in [1.54, 1.807) is 6.92 Å². The Balaban J connectivity index is 2.71. The van der Waals surface area contributed by atoms with Crippen molar-refractivity contribution in [3.63, 3.8) is 0 Å². The lowest BCUT2D eigenvalue weighted by Crippen LogP contribution is -2.17. The van der Waals surface area contributed by atoms with Crippen LogP contribution in [0.3, 0.4) is 0 Å². The number of anilines is 1. The third-order valence-electron chi connectivity index (χ3n) is 2.52. The van der Waals surface area contributed by atoms with Crippen LogP contribution >= 0.6 is 11.8 Å². The number of thioether (sulfide) groups is 1. The lowest BCUT2D eigenvalue weighted by molar-refractivity contribution is -0.142. The van der Waals surface area contributed by atoms with E-state index in [2.05, 4.69) is 4.72 Å². The van der Waals surface area contributed by atoms with Gasteiger partial charge in [0.25, 0.3) is 0 Å². The van der Waals surface area contributed by atoms with E-state index >= 15 is 0 Å². The van der Waals surface area contributed by atoms with Crippen LogP contribution in [-0.4, -0.2) is 28.6 Å². The van der Waals surface area contributed by atoms with E-state index in [4.69, 9.17) is 4.74 Å². The molecule has 0 aliphatic rings. The van der Waals surface area contributed by atoms with Crippen LogP contribution in [0.1, 0.15) is 26.7 Å². The zero-order valence-corrected chi connectivity index (χ0v) is 14.1. The molecule has 0 aromatic heterocycles. The molecule has 0 fully saturated rings. The van der Waals surface area contributed by atoms with E-state index < -0.39 is 29.0 Å². The topological polar surface area (TPSA) is 61.4 Å². The predicted molar refractivity (Wildman–Crippen MR) is 85.3 cm³/mol. The molecular weight excluding hydrogens is 332 g/mol. The molecule has 0 saturated carbocycles. The summed E-state index contributed by atoms with van der Waals surface area (Å²) in [5.74, 6) is -1.33. The molecule has 1 aromatic carbocycles. The Morgan fingerprint density at radius 2 is 2.14 bits per heavy atom. The molecule has 0 spiro atoms. The first kappa shape index (κ1) is 19.1. The van der Waals surface area contributed by atoms with Gasteiger partial charge in [-0.3, -0.25) is 4.79 Å². The van der Waals surface area contributed by atoms with Crippen molar-refractivity contribution < 1.29 is 22.9 Å². The number of esters is 1. The van der Waals surface area contributed by atoms with Crippen molar-refractivity contribution in [1.29, 1.82) is 0 Å². The first-order valence-corrected chi connectivity index (χ1v) is 9.21. The van der Waals surface area contributed by atoms with Crippen molar-refractivity contribution in [3.8, 4) is 0 Å². The average molecular weight is 351 g/mol. The lowest BCUT2D eigenvalue weighted by Gasteiger charge is -2.13. The number of nitrogens with one attached hydrogen (secondary N) is 1.